The third-order valence-electron chi connectivity index (χ3n) is 7.54. The van der Waals surface area contributed by atoms with E-state index in [0.717, 1.165) is 22.3 Å². The van der Waals surface area contributed by atoms with Gasteiger partial charge in [0, 0.05) is 39.0 Å². The van der Waals surface area contributed by atoms with Crippen molar-refractivity contribution in [2.45, 2.75) is 52.9 Å². The lowest BCUT2D eigenvalue weighted by atomic mass is 9.89. The Balaban J connectivity index is 1.41. The largest absolute Gasteiger partial charge is 0.334 e. The van der Waals surface area contributed by atoms with Crippen LogP contribution >= 0.6 is 0 Å². The number of amides is 2. The molecular weight excluding hydrogens is 492 g/mol. The van der Waals surface area contributed by atoms with Gasteiger partial charge in [0.05, 0.1) is 0 Å². The van der Waals surface area contributed by atoms with Crippen LogP contribution in [0.1, 0.15) is 48.9 Å². The van der Waals surface area contributed by atoms with Crippen LogP contribution in [0.3, 0.4) is 0 Å². The van der Waals surface area contributed by atoms with Crippen molar-refractivity contribution in [1.29, 1.82) is 0 Å². The molecule has 4 aromatic rings. The number of carbonyl (C=O) groups excluding carboxylic acids is 2. The molecule has 0 spiro atoms. The van der Waals surface area contributed by atoms with Gasteiger partial charge in [-0.25, -0.2) is 0 Å². The van der Waals surface area contributed by atoms with Crippen molar-refractivity contribution in [2.75, 3.05) is 0 Å². The second kappa shape index (κ2) is 14.8. The van der Waals surface area contributed by atoms with Crippen LogP contribution in [0.2, 0.25) is 0 Å². The molecule has 4 nitrogen and oxygen atoms in total. The van der Waals surface area contributed by atoms with E-state index in [1.54, 1.807) is 0 Å². The van der Waals surface area contributed by atoms with Crippen molar-refractivity contribution in [1.82, 2.24) is 9.80 Å². The summed E-state index contributed by atoms with van der Waals surface area (Å²) in [5.74, 6) is 0.372. The minimum Gasteiger partial charge on any atom is -0.334 e. The van der Waals surface area contributed by atoms with Gasteiger partial charge < -0.3 is 9.80 Å². The normalized spacial score (nSPS) is 12.3. The predicted octanol–water partition coefficient (Wildman–Crippen LogP) is 7.50. The fourth-order valence-electron chi connectivity index (χ4n) is 4.89. The number of hydrogen-bond acceptors (Lipinski definition) is 2. The van der Waals surface area contributed by atoms with Crippen LogP contribution in [-0.4, -0.2) is 21.6 Å². The molecule has 0 aromatic heterocycles. The molecule has 0 N–H and O–H groups in total. The van der Waals surface area contributed by atoms with Gasteiger partial charge >= 0.3 is 0 Å². The summed E-state index contributed by atoms with van der Waals surface area (Å²) in [6.45, 7) is 6.45. The number of benzene rings is 4. The molecule has 2 atom stereocenters. The maximum atomic E-state index is 13.6. The van der Waals surface area contributed by atoms with E-state index in [2.05, 4.69) is 62.4 Å². The number of nitrogens with zero attached hydrogens (tertiary/aromatic N) is 2. The second-order valence-corrected chi connectivity index (χ2v) is 10.8. The molecule has 4 rings (SSSR count). The summed E-state index contributed by atoms with van der Waals surface area (Å²) in [5, 5.41) is 0. The highest BCUT2D eigenvalue weighted by Gasteiger charge is 2.25. The average molecular weight is 533 g/mol. The minimum absolute atomic E-state index is 0.0702. The Bertz CT molecular complexity index is 1120. The van der Waals surface area contributed by atoms with Gasteiger partial charge in [-0.3, -0.25) is 9.59 Å². The first kappa shape index (κ1) is 28.8. The molecule has 0 aliphatic heterocycles. The molecule has 206 valence electrons. The van der Waals surface area contributed by atoms with Crippen LogP contribution in [-0.2, 0) is 35.8 Å². The number of carbonyl (C=O) groups is 2. The first-order valence-corrected chi connectivity index (χ1v) is 14.2. The zero-order chi connectivity index (χ0) is 28.2. The molecule has 0 fully saturated rings. The van der Waals surface area contributed by atoms with Crippen LogP contribution < -0.4 is 0 Å². The Kier molecular flexibility index (Phi) is 10.7. The zero-order valence-electron chi connectivity index (χ0n) is 23.7. The molecule has 0 radical (unpaired) electrons. The fourth-order valence-corrected chi connectivity index (χ4v) is 4.89. The van der Waals surface area contributed by atoms with Gasteiger partial charge in [-0.2, -0.15) is 0 Å². The Hall–Kier alpha value is -4.18. The minimum atomic E-state index is 0.0702. The molecule has 0 aliphatic rings. The third kappa shape index (κ3) is 8.94. The van der Waals surface area contributed by atoms with E-state index in [0.29, 0.717) is 39.0 Å². The number of rotatable bonds is 13. The summed E-state index contributed by atoms with van der Waals surface area (Å²) >= 11 is 0. The van der Waals surface area contributed by atoms with Crippen molar-refractivity contribution in [2.24, 2.45) is 11.8 Å². The molecule has 0 unspecified atom stereocenters. The fraction of sp³-hybridized carbons (Fsp3) is 0.278. The smallest absolute Gasteiger partial charge is 0.223 e. The Labute approximate surface area is 239 Å². The first-order chi connectivity index (χ1) is 19.5. The van der Waals surface area contributed by atoms with Gasteiger partial charge in [0.1, 0.15) is 0 Å². The van der Waals surface area contributed by atoms with Crippen LogP contribution in [0, 0.1) is 11.8 Å². The summed E-state index contributed by atoms with van der Waals surface area (Å²) in [4.78, 5) is 31.1. The summed E-state index contributed by atoms with van der Waals surface area (Å²) < 4.78 is 0. The lowest BCUT2D eigenvalue weighted by Gasteiger charge is -2.28. The van der Waals surface area contributed by atoms with E-state index in [4.69, 9.17) is 0 Å². The van der Waals surface area contributed by atoms with Crippen molar-refractivity contribution in [3.05, 3.63) is 144 Å². The first-order valence-electron chi connectivity index (χ1n) is 14.2. The van der Waals surface area contributed by atoms with Crippen LogP contribution in [0.15, 0.2) is 121 Å². The maximum absolute atomic E-state index is 13.6. The van der Waals surface area contributed by atoms with E-state index in [1.165, 1.54) is 0 Å². The highest BCUT2D eigenvalue weighted by molar-refractivity contribution is 5.78. The molecule has 0 bridgehead atoms. The SMILES string of the molecule is C[C@@H](CC(=O)N(Cc1ccccc1)Cc1ccccc1)[C@@H](C)CC(=O)N(Cc1ccccc1)Cc1ccccc1. The highest BCUT2D eigenvalue weighted by atomic mass is 16.2. The van der Waals surface area contributed by atoms with Crippen molar-refractivity contribution in [3.8, 4) is 0 Å². The second-order valence-electron chi connectivity index (χ2n) is 10.8. The Morgan fingerprint density at radius 1 is 0.450 bits per heavy atom. The van der Waals surface area contributed by atoms with Crippen LogP contribution in [0.5, 0.6) is 0 Å². The molecule has 0 saturated heterocycles. The van der Waals surface area contributed by atoms with Gasteiger partial charge in [-0.1, -0.05) is 135 Å². The van der Waals surface area contributed by atoms with Gasteiger partial charge in [-0.05, 0) is 34.1 Å². The summed E-state index contributed by atoms with van der Waals surface area (Å²) in [7, 11) is 0. The van der Waals surface area contributed by atoms with Gasteiger partial charge in [0.25, 0.3) is 0 Å². The Morgan fingerprint density at radius 3 is 0.900 bits per heavy atom. The Morgan fingerprint density at radius 2 is 0.675 bits per heavy atom. The van der Waals surface area contributed by atoms with E-state index in [1.807, 2.05) is 82.6 Å². The molecule has 0 aliphatic carbocycles. The predicted molar refractivity (Wildman–Crippen MR) is 162 cm³/mol. The lowest BCUT2D eigenvalue weighted by Crippen LogP contribution is -2.34. The summed E-state index contributed by atoms with van der Waals surface area (Å²) in [5.41, 5.74) is 4.44. The van der Waals surface area contributed by atoms with Crippen molar-refractivity contribution < 1.29 is 9.59 Å². The molecule has 4 aromatic carbocycles. The van der Waals surface area contributed by atoms with Gasteiger partial charge in [0.15, 0.2) is 0 Å². The maximum Gasteiger partial charge on any atom is 0.223 e. The van der Waals surface area contributed by atoms with Gasteiger partial charge in [-0.15, -0.1) is 0 Å². The zero-order valence-corrected chi connectivity index (χ0v) is 23.7. The van der Waals surface area contributed by atoms with Crippen molar-refractivity contribution in [3.63, 3.8) is 0 Å². The van der Waals surface area contributed by atoms with E-state index in [9.17, 15) is 9.59 Å². The average Bonchev–Trinajstić information content (AvgIpc) is 2.98. The van der Waals surface area contributed by atoms with Crippen LogP contribution in [0.25, 0.3) is 0 Å². The molecule has 4 heteroatoms. The standard InChI is InChI=1S/C36H40N2O2/c1-29(23-35(39)37(25-31-15-7-3-8-16-31)26-32-17-9-4-10-18-32)30(2)24-36(40)38(27-33-19-11-5-12-20-33)28-34-21-13-6-14-22-34/h3-22,29-30H,23-28H2,1-2H3/t29-,30-/m0/s1. The lowest BCUT2D eigenvalue weighted by molar-refractivity contribution is -0.136. The monoisotopic (exact) mass is 532 g/mol. The molecule has 40 heavy (non-hydrogen) atoms. The highest BCUT2D eigenvalue weighted by Crippen LogP contribution is 2.23. The van der Waals surface area contributed by atoms with E-state index < -0.39 is 0 Å². The third-order valence-corrected chi connectivity index (χ3v) is 7.54. The topological polar surface area (TPSA) is 40.6 Å². The van der Waals surface area contributed by atoms with E-state index >= 15 is 0 Å². The van der Waals surface area contributed by atoms with Crippen molar-refractivity contribution >= 4 is 11.8 Å². The quantitative estimate of drug-likeness (QED) is 0.179. The summed E-state index contributed by atoms with van der Waals surface area (Å²) in [6.07, 6.45) is 0.816. The molecule has 0 saturated carbocycles. The molecule has 0 heterocycles. The molecule has 2 amide bonds. The van der Waals surface area contributed by atoms with E-state index in [-0.39, 0.29) is 23.7 Å². The summed E-state index contributed by atoms with van der Waals surface area (Å²) in [6, 6.07) is 40.5. The number of hydrogen-bond donors (Lipinski definition) is 0. The molecular formula is C36H40N2O2. The van der Waals surface area contributed by atoms with Gasteiger partial charge in [0.2, 0.25) is 11.8 Å². The van der Waals surface area contributed by atoms with Crippen LogP contribution in [0.4, 0.5) is 0 Å².